The van der Waals surface area contributed by atoms with Gasteiger partial charge < -0.3 is 43.4 Å². The molecule has 0 spiro atoms. The summed E-state index contributed by atoms with van der Waals surface area (Å²) < 4.78 is 0. The molecule has 0 fully saturated rings. The van der Waals surface area contributed by atoms with Crippen LogP contribution in [0.15, 0.2) is 0 Å². The number of aliphatic hydroxyl groups excluding tert-OH is 1. The van der Waals surface area contributed by atoms with E-state index in [1.165, 1.54) is 0 Å². The maximum atomic E-state index is 12.9. The largest absolute Gasteiger partial charge is 0.480 e. The van der Waals surface area contributed by atoms with Crippen LogP contribution in [0.1, 0.15) is 52.4 Å². The van der Waals surface area contributed by atoms with Crippen molar-refractivity contribution < 1.29 is 34.2 Å². The van der Waals surface area contributed by atoms with Crippen LogP contribution >= 0.6 is 0 Å². The van der Waals surface area contributed by atoms with E-state index in [4.69, 9.17) is 27.4 Å². The first-order chi connectivity index (χ1) is 15.4. The predicted octanol–water partition coefficient (Wildman–Crippen LogP) is -2.71. The van der Waals surface area contributed by atoms with E-state index < -0.39 is 60.4 Å². The number of unbranched alkanes of at least 4 members (excludes halogenated alkanes) is 1. The molecular weight excluding hydrogens is 436 g/mol. The average Bonchev–Trinajstić information content (AvgIpc) is 2.73. The number of carboxylic acid groups (broad SMARTS) is 1. The molecule has 0 aromatic heterocycles. The first-order valence-corrected chi connectivity index (χ1v) is 10.9. The summed E-state index contributed by atoms with van der Waals surface area (Å²) in [7, 11) is 0. The minimum atomic E-state index is -1.59. The highest BCUT2D eigenvalue weighted by molar-refractivity contribution is 5.94. The van der Waals surface area contributed by atoms with E-state index >= 15 is 0 Å². The van der Waals surface area contributed by atoms with Gasteiger partial charge in [-0.2, -0.15) is 0 Å². The highest BCUT2D eigenvalue weighted by atomic mass is 16.4. The summed E-state index contributed by atoms with van der Waals surface area (Å²) in [4.78, 5) is 60.1. The molecule has 4 atom stereocenters. The summed E-state index contributed by atoms with van der Waals surface area (Å²) in [5.41, 5.74) is 16.4. The number of carbonyl (C=O) groups is 5. The molecule has 0 bridgehead atoms. The van der Waals surface area contributed by atoms with Crippen molar-refractivity contribution in [2.24, 2.45) is 23.1 Å². The number of aliphatic hydroxyl groups is 1. The van der Waals surface area contributed by atoms with E-state index in [1.807, 2.05) is 13.8 Å². The van der Waals surface area contributed by atoms with Crippen LogP contribution < -0.4 is 33.2 Å². The molecule has 4 unspecified atom stereocenters. The Morgan fingerprint density at radius 3 is 1.88 bits per heavy atom. The Kier molecular flexibility index (Phi) is 14.6. The molecule has 0 saturated heterocycles. The zero-order valence-electron chi connectivity index (χ0n) is 19.2. The van der Waals surface area contributed by atoms with Crippen LogP contribution in [-0.2, 0) is 24.0 Å². The number of nitrogens with one attached hydrogen (secondary N) is 3. The molecule has 13 nitrogen and oxygen atoms in total. The van der Waals surface area contributed by atoms with Gasteiger partial charge in [0.15, 0.2) is 0 Å². The van der Waals surface area contributed by atoms with Crippen molar-refractivity contribution in [3.8, 4) is 0 Å². The van der Waals surface area contributed by atoms with Gasteiger partial charge in [-0.05, 0) is 38.1 Å². The molecule has 0 aliphatic heterocycles. The Morgan fingerprint density at radius 1 is 0.848 bits per heavy atom. The van der Waals surface area contributed by atoms with E-state index in [-0.39, 0.29) is 25.2 Å². The molecule has 0 aliphatic carbocycles. The number of hydrogen-bond acceptors (Lipinski definition) is 8. The van der Waals surface area contributed by atoms with Gasteiger partial charge in [0, 0.05) is 6.42 Å². The lowest BCUT2D eigenvalue weighted by molar-refractivity contribution is -0.143. The van der Waals surface area contributed by atoms with Crippen molar-refractivity contribution in [2.45, 2.75) is 76.5 Å². The Hall–Kier alpha value is -2.77. The topological polar surface area (TPSA) is 240 Å². The van der Waals surface area contributed by atoms with Crippen molar-refractivity contribution in [1.29, 1.82) is 0 Å². The van der Waals surface area contributed by atoms with Crippen LogP contribution in [0.25, 0.3) is 0 Å². The number of nitrogens with two attached hydrogens (primary N) is 3. The van der Waals surface area contributed by atoms with Gasteiger partial charge in [-0.1, -0.05) is 20.3 Å². The van der Waals surface area contributed by atoms with Gasteiger partial charge >= 0.3 is 5.97 Å². The molecule has 0 aromatic carbocycles. The normalized spacial score (nSPS) is 14.6. The van der Waals surface area contributed by atoms with Gasteiger partial charge in [0.1, 0.15) is 18.1 Å². The SMILES string of the molecule is CC(C)CC(NC(=O)C(N)CCCCN)C(=O)NC(CCC(N)=O)C(=O)NC(CO)C(=O)O. The molecule has 0 aromatic rings. The molecule has 0 aliphatic rings. The van der Waals surface area contributed by atoms with Crippen molar-refractivity contribution in [3.05, 3.63) is 0 Å². The summed E-state index contributed by atoms with van der Waals surface area (Å²) >= 11 is 0. The zero-order valence-corrected chi connectivity index (χ0v) is 19.2. The quantitative estimate of drug-likeness (QED) is 0.102. The molecular formula is C20H38N6O7. The Bertz CT molecular complexity index is 673. The number of amides is 4. The summed E-state index contributed by atoms with van der Waals surface area (Å²) in [6.45, 7) is 3.28. The molecule has 4 amide bonds. The van der Waals surface area contributed by atoms with Crippen LogP contribution in [0.3, 0.4) is 0 Å². The second-order valence-electron chi connectivity index (χ2n) is 8.23. The monoisotopic (exact) mass is 474 g/mol. The second-order valence-corrected chi connectivity index (χ2v) is 8.23. The van der Waals surface area contributed by atoms with Crippen molar-refractivity contribution in [3.63, 3.8) is 0 Å². The fourth-order valence-electron chi connectivity index (χ4n) is 2.91. The molecule has 13 heteroatoms. The van der Waals surface area contributed by atoms with Crippen LogP contribution in [-0.4, -0.2) is 77.1 Å². The Balaban J connectivity index is 5.39. The maximum Gasteiger partial charge on any atom is 0.328 e. The predicted molar refractivity (Wildman–Crippen MR) is 119 cm³/mol. The van der Waals surface area contributed by atoms with Gasteiger partial charge in [0.05, 0.1) is 12.6 Å². The standard InChI is InChI=1S/C20H38N6O7/c1-11(2)9-14(25-17(29)12(22)5-3-4-8-21)19(31)24-13(6-7-16(23)28)18(30)26-15(10-27)20(32)33/h11-15,27H,3-10,21-22H2,1-2H3,(H2,23,28)(H,24,31)(H,25,29)(H,26,30)(H,32,33). The molecule has 33 heavy (non-hydrogen) atoms. The summed E-state index contributed by atoms with van der Waals surface area (Å²) in [5, 5.41) is 25.3. The lowest BCUT2D eigenvalue weighted by atomic mass is 10.0. The van der Waals surface area contributed by atoms with E-state index in [2.05, 4.69) is 16.0 Å². The Morgan fingerprint density at radius 2 is 1.39 bits per heavy atom. The molecule has 0 saturated carbocycles. The van der Waals surface area contributed by atoms with Gasteiger partial charge in [-0.15, -0.1) is 0 Å². The third-order valence-electron chi connectivity index (χ3n) is 4.76. The lowest BCUT2D eigenvalue weighted by Gasteiger charge is -2.25. The first kappa shape index (κ1) is 30.2. The smallest absolute Gasteiger partial charge is 0.328 e. The summed E-state index contributed by atoms with van der Waals surface area (Å²) in [6, 6.07) is -4.77. The van der Waals surface area contributed by atoms with Crippen LogP contribution in [0, 0.1) is 5.92 Å². The lowest BCUT2D eigenvalue weighted by Crippen LogP contribution is -2.57. The summed E-state index contributed by atoms with van der Waals surface area (Å²) in [5.74, 6) is -4.35. The number of primary amides is 1. The molecule has 0 heterocycles. The molecule has 0 rings (SSSR count). The van der Waals surface area contributed by atoms with E-state index in [0.717, 1.165) is 0 Å². The van der Waals surface area contributed by atoms with Gasteiger partial charge in [-0.3, -0.25) is 19.2 Å². The number of carboxylic acids is 1. The highest BCUT2D eigenvalue weighted by Crippen LogP contribution is 2.08. The first-order valence-electron chi connectivity index (χ1n) is 10.9. The van der Waals surface area contributed by atoms with E-state index in [1.54, 1.807) is 0 Å². The number of rotatable bonds is 17. The average molecular weight is 475 g/mol. The molecule has 11 N–H and O–H groups in total. The fraction of sp³-hybridized carbons (Fsp3) is 0.750. The Labute approximate surface area is 193 Å². The maximum absolute atomic E-state index is 12.9. The van der Waals surface area contributed by atoms with Crippen molar-refractivity contribution >= 4 is 29.6 Å². The van der Waals surface area contributed by atoms with Crippen LogP contribution in [0.4, 0.5) is 0 Å². The fourth-order valence-corrected chi connectivity index (χ4v) is 2.91. The second kappa shape index (κ2) is 15.9. The minimum absolute atomic E-state index is 0.00168. The zero-order chi connectivity index (χ0) is 25.6. The number of aliphatic carboxylic acids is 1. The third kappa shape index (κ3) is 12.7. The third-order valence-corrected chi connectivity index (χ3v) is 4.76. The van der Waals surface area contributed by atoms with Crippen molar-refractivity contribution in [2.75, 3.05) is 13.2 Å². The van der Waals surface area contributed by atoms with Gasteiger partial charge in [0.2, 0.25) is 23.6 Å². The number of hydrogen-bond donors (Lipinski definition) is 8. The van der Waals surface area contributed by atoms with Gasteiger partial charge in [0.25, 0.3) is 0 Å². The van der Waals surface area contributed by atoms with Crippen molar-refractivity contribution in [1.82, 2.24) is 16.0 Å². The van der Waals surface area contributed by atoms with Crippen LogP contribution in [0.2, 0.25) is 0 Å². The molecule has 190 valence electrons. The van der Waals surface area contributed by atoms with Crippen LogP contribution in [0.5, 0.6) is 0 Å². The number of carbonyl (C=O) groups excluding carboxylic acids is 4. The molecule has 0 radical (unpaired) electrons. The summed E-state index contributed by atoms with van der Waals surface area (Å²) in [6.07, 6.45) is 1.52. The van der Waals surface area contributed by atoms with E-state index in [9.17, 15) is 24.0 Å². The van der Waals surface area contributed by atoms with E-state index in [0.29, 0.717) is 25.8 Å². The van der Waals surface area contributed by atoms with Gasteiger partial charge in [-0.25, -0.2) is 4.79 Å². The highest BCUT2D eigenvalue weighted by Gasteiger charge is 2.30. The minimum Gasteiger partial charge on any atom is -0.480 e.